The highest BCUT2D eigenvalue weighted by molar-refractivity contribution is 7.93. The van der Waals surface area contributed by atoms with Gasteiger partial charge in [-0.2, -0.15) is 0 Å². The van der Waals surface area contributed by atoms with Crippen LogP contribution in [0.3, 0.4) is 0 Å². The van der Waals surface area contributed by atoms with E-state index in [1.54, 1.807) is 42.6 Å². The molecule has 0 unspecified atom stereocenters. The maximum absolute atomic E-state index is 12.6. The fourth-order valence-corrected chi connectivity index (χ4v) is 4.10. The number of anilines is 3. The maximum Gasteiger partial charge on any atom is 0.264 e. The zero-order chi connectivity index (χ0) is 17.6. The van der Waals surface area contributed by atoms with Gasteiger partial charge in [-0.25, -0.2) is 23.4 Å². The number of fused-ring (bicyclic) bond motifs is 3. The Morgan fingerprint density at radius 2 is 1.88 bits per heavy atom. The third-order valence-electron chi connectivity index (χ3n) is 3.87. The SMILES string of the molecule is CN1c2cnc(Nc3ccc(Cl)nc3)nc2-c2ccccc2S1(=O)=O. The van der Waals surface area contributed by atoms with E-state index < -0.39 is 10.0 Å². The van der Waals surface area contributed by atoms with Crippen molar-refractivity contribution >= 4 is 38.9 Å². The Kier molecular flexibility index (Phi) is 3.59. The van der Waals surface area contributed by atoms with Crippen LogP contribution in [0.1, 0.15) is 0 Å². The minimum atomic E-state index is -3.60. The normalized spacial score (nSPS) is 14.6. The monoisotopic (exact) mass is 373 g/mol. The van der Waals surface area contributed by atoms with Gasteiger partial charge in [0.15, 0.2) is 0 Å². The third kappa shape index (κ3) is 2.59. The van der Waals surface area contributed by atoms with Gasteiger partial charge in [0.05, 0.1) is 28.7 Å². The number of rotatable bonds is 2. The van der Waals surface area contributed by atoms with Crippen molar-refractivity contribution in [1.29, 1.82) is 0 Å². The summed E-state index contributed by atoms with van der Waals surface area (Å²) in [6.07, 6.45) is 3.05. The molecule has 7 nitrogen and oxygen atoms in total. The second-order valence-electron chi connectivity index (χ2n) is 5.39. The Bertz CT molecular complexity index is 1070. The number of hydrogen-bond donors (Lipinski definition) is 1. The summed E-state index contributed by atoms with van der Waals surface area (Å²) in [6.45, 7) is 0. The van der Waals surface area contributed by atoms with Crippen LogP contribution in [-0.2, 0) is 10.0 Å². The van der Waals surface area contributed by atoms with Gasteiger partial charge in [-0.15, -0.1) is 0 Å². The molecule has 0 fully saturated rings. The van der Waals surface area contributed by atoms with E-state index in [0.29, 0.717) is 33.7 Å². The van der Waals surface area contributed by atoms with Crippen LogP contribution < -0.4 is 9.62 Å². The van der Waals surface area contributed by atoms with Crippen molar-refractivity contribution in [3.8, 4) is 11.3 Å². The van der Waals surface area contributed by atoms with Crippen molar-refractivity contribution in [2.24, 2.45) is 0 Å². The lowest BCUT2D eigenvalue weighted by Crippen LogP contribution is -2.31. The van der Waals surface area contributed by atoms with Crippen LogP contribution in [0.25, 0.3) is 11.3 Å². The lowest BCUT2D eigenvalue weighted by atomic mass is 10.1. The zero-order valence-corrected chi connectivity index (χ0v) is 14.6. The molecule has 1 aliphatic rings. The number of aromatic nitrogens is 3. The predicted octanol–water partition coefficient (Wildman–Crippen LogP) is 3.07. The molecule has 1 aromatic carbocycles. The first-order valence-electron chi connectivity index (χ1n) is 7.31. The number of hydrogen-bond acceptors (Lipinski definition) is 6. The minimum Gasteiger partial charge on any atom is -0.323 e. The van der Waals surface area contributed by atoms with Crippen molar-refractivity contribution in [2.45, 2.75) is 4.90 Å². The molecule has 1 N–H and O–H groups in total. The summed E-state index contributed by atoms with van der Waals surface area (Å²) in [6, 6.07) is 10.2. The molecule has 0 aliphatic carbocycles. The molecule has 0 saturated heterocycles. The molecular formula is C16H12ClN5O2S. The van der Waals surface area contributed by atoms with Crippen LogP contribution in [0.15, 0.2) is 53.7 Å². The maximum atomic E-state index is 12.6. The summed E-state index contributed by atoms with van der Waals surface area (Å²) < 4.78 is 26.4. The van der Waals surface area contributed by atoms with E-state index in [1.165, 1.54) is 17.5 Å². The van der Waals surface area contributed by atoms with Crippen LogP contribution in [0.4, 0.5) is 17.3 Å². The summed E-state index contributed by atoms with van der Waals surface area (Å²) >= 11 is 5.78. The van der Waals surface area contributed by atoms with E-state index in [0.717, 1.165) is 0 Å². The second kappa shape index (κ2) is 5.68. The molecule has 3 aromatic rings. The van der Waals surface area contributed by atoms with E-state index in [9.17, 15) is 8.42 Å². The Hall–Kier alpha value is -2.71. The average Bonchev–Trinajstić information content (AvgIpc) is 2.62. The van der Waals surface area contributed by atoms with Crippen LogP contribution in [-0.4, -0.2) is 30.4 Å². The van der Waals surface area contributed by atoms with Gasteiger partial charge in [0, 0.05) is 12.6 Å². The van der Waals surface area contributed by atoms with Gasteiger partial charge >= 0.3 is 0 Å². The molecule has 4 rings (SSSR count). The Morgan fingerprint density at radius 3 is 2.64 bits per heavy atom. The smallest absolute Gasteiger partial charge is 0.264 e. The number of nitrogens with zero attached hydrogens (tertiary/aromatic N) is 4. The van der Waals surface area contributed by atoms with Crippen molar-refractivity contribution < 1.29 is 8.42 Å². The summed E-state index contributed by atoms with van der Waals surface area (Å²) in [5.74, 6) is 0.338. The highest BCUT2D eigenvalue weighted by atomic mass is 35.5. The van der Waals surface area contributed by atoms with Gasteiger partial charge in [0.1, 0.15) is 10.8 Å². The molecule has 2 aromatic heterocycles. The van der Waals surface area contributed by atoms with E-state index in [1.807, 2.05) is 0 Å². The second-order valence-corrected chi connectivity index (χ2v) is 7.72. The Labute approximate surface area is 149 Å². The topological polar surface area (TPSA) is 88.1 Å². The molecule has 0 saturated carbocycles. The molecule has 9 heteroatoms. The lowest BCUT2D eigenvalue weighted by Gasteiger charge is -2.28. The van der Waals surface area contributed by atoms with E-state index in [4.69, 9.17) is 11.6 Å². The minimum absolute atomic E-state index is 0.225. The fourth-order valence-electron chi connectivity index (χ4n) is 2.61. The number of benzene rings is 1. The van der Waals surface area contributed by atoms with E-state index in [-0.39, 0.29) is 4.90 Å². The summed E-state index contributed by atoms with van der Waals surface area (Å²) in [5.41, 5.74) is 2.20. The third-order valence-corrected chi connectivity index (χ3v) is 5.93. The lowest BCUT2D eigenvalue weighted by molar-refractivity contribution is 0.593. The number of halogens is 1. The molecule has 25 heavy (non-hydrogen) atoms. The molecule has 1 aliphatic heterocycles. The molecule has 0 bridgehead atoms. The summed E-state index contributed by atoms with van der Waals surface area (Å²) in [4.78, 5) is 12.9. The summed E-state index contributed by atoms with van der Waals surface area (Å²) in [5, 5.41) is 3.42. The van der Waals surface area contributed by atoms with Gasteiger partial charge in [0.25, 0.3) is 10.0 Å². The molecule has 3 heterocycles. The van der Waals surface area contributed by atoms with Crippen LogP contribution in [0.5, 0.6) is 0 Å². The van der Waals surface area contributed by atoms with Crippen LogP contribution >= 0.6 is 11.6 Å². The van der Waals surface area contributed by atoms with Crippen molar-refractivity contribution in [2.75, 3.05) is 16.7 Å². The quantitative estimate of drug-likeness (QED) is 0.694. The number of pyridine rings is 1. The number of sulfonamides is 1. The largest absolute Gasteiger partial charge is 0.323 e. The Balaban J connectivity index is 1.82. The molecule has 0 radical (unpaired) electrons. The van der Waals surface area contributed by atoms with Crippen LogP contribution in [0.2, 0.25) is 5.15 Å². The first kappa shape index (κ1) is 15.8. The predicted molar refractivity (Wildman–Crippen MR) is 95.6 cm³/mol. The zero-order valence-electron chi connectivity index (χ0n) is 13.0. The molecule has 126 valence electrons. The van der Waals surface area contributed by atoms with E-state index >= 15 is 0 Å². The number of nitrogens with one attached hydrogen (secondary N) is 1. The first-order valence-corrected chi connectivity index (χ1v) is 9.12. The molecule has 0 amide bonds. The highest BCUT2D eigenvalue weighted by Crippen LogP contribution is 2.40. The van der Waals surface area contributed by atoms with Gasteiger partial charge in [-0.05, 0) is 18.2 Å². The molecular weight excluding hydrogens is 362 g/mol. The highest BCUT2D eigenvalue weighted by Gasteiger charge is 2.33. The van der Waals surface area contributed by atoms with Crippen LogP contribution in [0, 0.1) is 0 Å². The molecule has 0 spiro atoms. The van der Waals surface area contributed by atoms with Crippen molar-refractivity contribution in [3.05, 3.63) is 53.9 Å². The van der Waals surface area contributed by atoms with Gasteiger partial charge in [-0.1, -0.05) is 29.8 Å². The molecule has 0 atom stereocenters. The summed E-state index contributed by atoms with van der Waals surface area (Å²) in [7, 11) is -2.11. The van der Waals surface area contributed by atoms with Gasteiger partial charge < -0.3 is 5.32 Å². The van der Waals surface area contributed by atoms with E-state index in [2.05, 4.69) is 20.3 Å². The fraction of sp³-hybridized carbons (Fsp3) is 0.0625. The standard InChI is InChI=1S/C16H12ClN5O2S/c1-22-12-9-19-16(20-10-6-7-14(17)18-8-10)21-15(12)11-4-2-3-5-13(11)25(22,23)24/h2-9H,1H3,(H,19,20,21). The van der Waals surface area contributed by atoms with Crippen molar-refractivity contribution in [3.63, 3.8) is 0 Å². The van der Waals surface area contributed by atoms with Gasteiger partial charge in [-0.3, -0.25) is 4.31 Å². The van der Waals surface area contributed by atoms with Gasteiger partial charge in [0.2, 0.25) is 5.95 Å². The first-order chi connectivity index (χ1) is 12.0. The average molecular weight is 374 g/mol. The van der Waals surface area contributed by atoms with Crippen molar-refractivity contribution in [1.82, 2.24) is 15.0 Å². The Morgan fingerprint density at radius 1 is 1.08 bits per heavy atom.